The molecule has 0 aliphatic heterocycles. The molecular weight excluding hydrogens is 284 g/mol. The average molecular weight is 301 g/mol. The minimum absolute atomic E-state index is 0.716. The van der Waals surface area contributed by atoms with E-state index in [9.17, 15) is 0 Å². The number of halogens is 1. The van der Waals surface area contributed by atoms with Crippen molar-refractivity contribution >= 4 is 22.6 Å². The summed E-state index contributed by atoms with van der Waals surface area (Å²) in [4.78, 5) is 14.2. The minimum atomic E-state index is 0.716. The van der Waals surface area contributed by atoms with Crippen LogP contribution in [0, 0.1) is 0 Å². The van der Waals surface area contributed by atoms with Gasteiger partial charge in [-0.15, -0.1) is 0 Å². The molecule has 3 aromatic rings. The Labute approximate surface area is 128 Å². The van der Waals surface area contributed by atoms with Crippen LogP contribution in [0.5, 0.6) is 0 Å². The molecular formula is C16H17ClN4. The average Bonchev–Trinajstić information content (AvgIpc) is 2.90. The summed E-state index contributed by atoms with van der Waals surface area (Å²) in [5.41, 5.74) is 3.21. The number of hydrogen-bond donors (Lipinski definition) is 1. The largest absolute Gasteiger partial charge is 0.342 e. The number of nitrogens with zero attached hydrogens (tertiary/aromatic N) is 3. The van der Waals surface area contributed by atoms with Crippen molar-refractivity contribution in [2.75, 3.05) is 13.6 Å². The smallest absolute Gasteiger partial charge is 0.108 e. The van der Waals surface area contributed by atoms with E-state index in [4.69, 9.17) is 11.6 Å². The lowest BCUT2D eigenvalue weighted by molar-refractivity contribution is 0.329. The third kappa shape index (κ3) is 3.40. The zero-order valence-electron chi connectivity index (χ0n) is 11.9. The van der Waals surface area contributed by atoms with Gasteiger partial charge in [0.25, 0.3) is 0 Å². The van der Waals surface area contributed by atoms with Gasteiger partial charge in [-0.05, 0) is 30.8 Å². The van der Waals surface area contributed by atoms with E-state index >= 15 is 0 Å². The maximum Gasteiger partial charge on any atom is 0.108 e. The highest BCUT2D eigenvalue weighted by Crippen LogP contribution is 2.15. The molecule has 0 aliphatic carbocycles. The standard InChI is InChI=1S/C16H17ClN4/c1-21(11-12-6-8-18-10-13(12)17)9-7-16-19-14-4-2-3-5-15(14)20-16/h2-6,8,10H,7,9,11H2,1H3,(H,19,20). The summed E-state index contributed by atoms with van der Waals surface area (Å²) in [5, 5.41) is 0.716. The molecule has 0 saturated carbocycles. The first-order valence-corrected chi connectivity index (χ1v) is 7.31. The van der Waals surface area contributed by atoms with Crippen LogP contribution in [0.25, 0.3) is 11.0 Å². The molecule has 2 heterocycles. The van der Waals surface area contributed by atoms with Gasteiger partial charge in [-0.1, -0.05) is 23.7 Å². The topological polar surface area (TPSA) is 44.8 Å². The number of H-pyrrole nitrogens is 1. The molecule has 0 spiro atoms. The number of likely N-dealkylation sites (N-methyl/N-ethyl adjacent to an activating group) is 1. The molecule has 0 amide bonds. The van der Waals surface area contributed by atoms with Crippen LogP contribution in [0.2, 0.25) is 5.02 Å². The van der Waals surface area contributed by atoms with E-state index < -0.39 is 0 Å². The van der Waals surface area contributed by atoms with E-state index in [0.29, 0.717) is 5.02 Å². The predicted molar refractivity (Wildman–Crippen MR) is 85.4 cm³/mol. The molecule has 0 saturated heterocycles. The molecule has 0 radical (unpaired) electrons. The fourth-order valence-corrected chi connectivity index (χ4v) is 2.50. The molecule has 0 unspecified atom stereocenters. The normalized spacial score (nSPS) is 11.4. The molecule has 108 valence electrons. The van der Waals surface area contributed by atoms with Gasteiger partial charge in [0.1, 0.15) is 5.82 Å². The van der Waals surface area contributed by atoms with Crippen molar-refractivity contribution in [3.05, 3.63) is 59.1 Å². The van der Waals surface area contributed by atoms with Gasteiger partial charge in [0.2, 0.25) is 0 Å². The number of aromatic amines is 1. The Morgan fingerprint density at radius 3 is 2.90 bits per heavy atom. The van der Waals surface area contributed by atoms with Crippen molar-refractivity contribution in [3.63, 3.8) is 0 Å². The van der Waals surface area contributed by atoms with Crippen LogP contribution in [0.4, 0.5) is 0 Å². The summed E-state index contributed by atoms with van der Waals surface area (Å²) in [5.74, 6) is 1.02. The lowest BCUT2D eigenvalue weighted by Crippen LogP contribution is -2.21. The first-order valence-electron chi connectivity index (χ1n) is 6.93. The fourth-order valence-electron chi connectivity index (χ4n) is 2.32. The van der Waals surface area contributed by atoms with Gasteiger partial charge in [-0.3, -0.25) is 4.98 Å². The maximum absolute atomic E-state index is 6.13. The van der Waals surface area contributed by atoms with Gasteiger partial charge in [0.15, 0.2) is 0 Å². The quantitative estimate of drug-likeness (QED) is 0.786. The molecule has 1 N–H and O–H groups in total. The number of rotatable bonds is 5. The summed E-state index contributed by atoms with van der Waals surface area (Å²) >= 11 is 6.13. The second-order valence-electron chi connectivity index (χ2n) is 5.16. The molecule has 0 atom stereocenters. The molecule has 5 heteroatoms. The van der Waals surface area contributed by atoms with Crippen molar-refractivity contribution in [2.45, 2.75) is 13.0 Å². The highest BCUT2D eigenvalue weighted by molar-refractivity contribution is 6.31. The Morgan fingerprint density at radius 2 is 2.10 bits per heavy atom. The van der Waals surface area contributed by atoms with Gasteiger partial charge < -0.3 is 9.88 Å². The zero-order valence-corrected chi connectivity index (χ0v) is 12.6. The molecule has 21 heavy (non-hydrogen) atoms. The van der Waals surface area contributed by atoms with Crippen molar-refractivity contribution in [2.24, 2.45) is 0 Å². The number of pyridine rings is 1. The molecule has 0 bridgehead atoms. The van der Waals surface area contributed by atoms with Gasteiger partial charge in [-0.25, -0.2) is 4.98 Å². The molecule has 3 rings (SSSR count). The van der Waals surface area contributed by atoms with Crippen LogP contribution >= 0.6 is 11.6 Å². The van der Waals surface area contributed by atoms with Gasteiger partial charge in [0.05, 0.1) is 16.1 Å². The number of nitrogens with one attached hydrogen (secondary N) is 1. The molecule has 4 nitrogen and oxygen atoms in total. The third-order valence-electron chi connectivity index (χ3n) is 3.47. The minimum Gasteiger partial charge on any atom is -0.342 e. The monoisotopic (exact) mass is 300 g/mol. The lowest BCUT2D eigenvalue weighted by Gasteiger charge is -2.16. The lowest BCUT2D eigenvalue weighted by atomic mass is 10.2. The van der Waals surface area contributed by atoms with Crippen molar-refractivity contribution in [1.82, 2.24) is 19.9 Å². The fraction of sp³-hybridized carbons (Fsp3) is 0.250. The highest BCUT2D eigenvalue weighted by Gasteiger charge is 2.07. The van der Waals surface area contributed by atoms with E-state index in [2.05, 4.69) is 26.9 Å². The summed E-state index contributed by atoms with van der Waals surface area (Å²) in [6.07, 6.45) is 4.34. The second kappa shape index (κ2) is 6.24. The predicted octanol–water partition coefficient (Wildman–Crippen LogP) is 3.29. The van der Waals surface area contributed by atoms with E-state index in [-0.39, 0.29) is 0 Å². The van der Waals surface area contributed by atoms with Crippen LogP contribution in [0.3, 0.4) is 0 Å². The van der Waals surface area contributed by atoms with Gasteiger partial charge in [0, 0.05) is 31.9 Å². The van der Waals surface area contributed by atoms with E-state index in [1.54, 1.807) is 12.4 Å². The summed E-state index contributed by atoms with van der Waals surface area (Å²) in [7, 11) is 2.08. The van der Waals surface area contributed by atoms with Crippen LogP contribution in [-0.2, 0) is 13.0 Å². The zero-order chi connectivity index (χ0) is 14.7. The molecule has 1 aromatic carbocycles. The molecule has 0 fully saturated rings. The van der Waals surface area contributed by atoms with E-state index in [0.717, 1.165) is 41.9 Å². The third-order valence-corrected chi connectivity index (χ3v) is 3.81. The SMILES string of the molecule is CN(CCc1nc2ccccc2[nH]1)Cc1ccncc1Cl. The van der Waals surface area contributed by atoms with Crippen molar-refractivity contribution in [1.29, 1.82) is 0 Å². The first-order chi connectivity index (χ1) is 10.2. The van der Waals surface area contributed by atoms with Crippen LogP contribution in [-0.4, -0.2) is 33.4 Å². The van der Waals surface area contributed by atoms with Crippen LogP contribution in [0.1, 0.15) is 11.4 Å². The number of hydrogen-bond acceptors (Lipinski definition) is 3. The Hall–Kier alpha value is -1.91. The van der Waals surface area contributed by atoms with Gasteiger partial charge in [-0.2, -0.15) is 0 Å². The number of fused-ring (bicyclic) bond motifs is 1. The Kier molecular flexibility index (Phi) is 4.18. The number of benzene rings is 1. The maximum atomic E-state index is 6.13. The highest BCUT2D eigenvalue weighted by atomic mass is 35.5. The molecule has 0 aliphatic rings. The van der Waals surface area contributed by atoms with Gasteiger partial charge >= 0.3 is 0 Å². The van der Waals surface area contributed by atoms with Crippen molar-refractivity contribution in [3.8, 4) is 0 Å². The van der Waals surface area contributed by atoms with Crippen molar-refractivity contribution < 1.29 is 0 Å². The molecule has 2 aromatic heterocycles. The first kappa shape index (κ1) is 14.0. The summed E-state index contributed by atoms with van der Waals surface area (Å²) in [6.45, 7) is 1.72. The second-order valence-corrected chi connectivity index (χ2v) is 5.56. The Balaban J connectivity index is 1.60. The number of imidazole rings is 1. The summed E-state index contributed by atoms with van der Waals surface area (Å²) in [6, 6.07) is 10.1. The van der Waals surface area contributed by atoms with E-state index in [1.807, 2.05) is 30.3 Å². The Bertz CT molecular complexity index is 705. The number of para-hydroxylation sites is 2. The number of aromatic nitrogens is 3. The van der Waals surface area contributed by atoms with E-state index in [1.165, 1.54) is 0 Å². The van der Waals surface area contributed by atoms with Crippen LogP contribution in [0.15, 0.2) is 42.7 Å². The summed E-state index contributed by atoms with van der Waals surface area (Å²) < 4.78 is 0. The Morgan fingerprint density at radius 1 is 1.24 bits per heavy atom. The van der Waals surface area contributed by atoms with Crippen LogP contribution < -0.4 is 0 Å².